The van der Waals surface area contributed by atoms with Crippen LogP contribution in [0.5, 0.6) is 0 Å². The summed E-state index contributed by atoms with van der Waals surface area (Å²) in [4.78, 5) is 15.9. The van der Waals surface area contributed by atoms with Crippen molar-refractivity contribution in [2.24, 2.45) is 10.7 Å². The number of primary amides is 1. The first-order valence-corrected chi connectivity index (χ1v) is 6.80. The minimum absolute atomic E-state index is 0.410. The number of amidine groups is 1. The van der Waals surface area contributed by atoms with Crippen molar-refractivity contribution in [3.05, 3.63) is 34.4 Å². The molecule has 0 aliphatic carbocycles. The fraction of sp³-hybridized carbons (Fsp3) is 0.231. The maximum Gasteiger partial charge on any atom is 0.250 e. The molecule has 2 aromatic rings. The largest absolute Gasteiger partial charge is 0.370 e. The molecule has 1 amide bonds. The second kappa shape index (κ2) is 4.70. The highest BCUT2D eigenvalue weighted by Crippen LogP contribution is 2.25. The van der Waals surface area contributed by atoms with Gasteiger partial charge in [-0.05, 0) is 12.1 Å². The molecule has 5 nitrogen and oxygen atoms in total. The summed E-state index contributed by atoms with van der Waals surface area (Å²) in [5, 5.41) is 4.09. The third-order valence-corrected chi connectivity index (χ3v) is 3.67. The standard InChI is InChI=1S/C13H13BrN4O/c14-8-1-2-9-10(13(15)19)6-18(11(9)5-8)7-12-16-3-4-17-12/h1-2,5-6H,3-4,7H2,(H2,15,19)(H,16,17). The van der Waals surface area contributed by atoms with E-state index >= 15 is 0 Å². The molecule has 98 valence electrons. The normalized spacial score (nSPS) is 14.5. The predicted molar refractivity (Wildman–Crippen MR) is 78.5 cm³/mol. The molecule has 1 aliphatic heterocycles. The number of fused-ring (bicyclic) bond motifs is 1. The van der Waals surface area contributed by atoms with Gasteiger partial charge in [0.25, 0.3) is 5.91 Å². The Balaban J connectivity index is 2.12. The summed E-state index contributed by atoms with van der Waals surface area (Å²) >= 11 is 3.45. The first-order chi connectivity index (χ1) is 9.15. The molecule has 0 saturated carbocycles. The molecule has 0 bridgehead atoms. The minimum atomic E-state index is -0.410. The van der Waals surface area contributed by atoms with Gasteiger partial charge in [-0.1, -0.05) is 22.0 Å². The topological polar surface area (TPSA) is 72.4 Å². The molecule has 0 radical (unpaired) electrons. The Morgan fingerprint density at radius 1 is 1.53 bits per heavy atom. The van der Waals surface area contributed by atoms with Crippen LogP contribution in [0.4, 0.5) is 0 Å². The minimum Gasteiger partial charge on any atom is -0.370 e. The molecule has 1 aliphatic rings. The third-order valence-electron chi connectivity index (χ3n) is 3.17. The highest BCUT2D eigenvalue weighted by molar-refractivity contribution is 9.10. The van der Waals surface area contributed by atoms with Crippen molar-refractivity contribution in [2.45, 2.75) is 6.54 Å². The first-order valence-electron chi connectivity index (χ1n) is 6.00. The lowest BCUT2D eigenvalue weighted by molar-refractivity contribution is 0.100. The Morgan fingerprint density at radius 2 is 2.37 bits per heavy atom. The average Bonchev–Trinajstić information content (AvgIpc) is 2.98. The van der Waals surface area contributed by atoms with E-state index in [1.165, 1.54) is 0 Å². The van der Waals surface area contributed by atoms with Crippen molar-refractivity contribution >= 4 is 38.6 Å². The molecule has 0 saturated heterocycles. The van der Waals surface area contributed by atoms with E-state index in [2.05, 4.69) is 26.2 Å². The Bertz CT molecular complexity index is 689. The van der Waals surface area contributed by atoms with E-state index in [0.717, 1.165) is 34.3 Å². The van der Waals surface area contributed by atoms with E-state index in [4.69, 9.17) is 5.73 Å². The van der Waals surface area contributed by atoms with Gasteiger partial charge in [-0.15, -0.1) is 0 Å². The number of aromatic nitrogens is 1. The number of carbonyl (C=O) groups excluding carboxylic acids is 1. The molecular formula is C13H13BrN4O. The van der Waals surface area contributed by atoms with Gasteiger partial charge in [-0.25, -0.2) is 0 Å². The van der Waals surface area contributed by atoms with Crippen LogP contribution in [0.3, 0.4) is 0 Å². The Hall–Kier alpha value is -1.82. The van der Waals surface area contributed by atoms with Crippen molar-refractivity contribution in [3.8, 4) is 0 Å². The number of halogens is 1. The number of amides is 1. The van der Waals surface area contributed by atoms with Gasteiger partial charge in [-0.3, -0.25) is 9.79 Å². The summed E-state index contributed by atoms with van der Waals surface area (Å²) in [6, 6.07) is 5.79. The molecule has 1 aromatic carbocycles. The molecule has 0 fully saturated rings. The van der Waals surface area contributed by atoms with Crippen molar-refractivity contribution in [2.75, 3.05) is 13.1 Å². The molecule has 19 heavy (non-hydrogen) atoms. The van der Waals surface area contributed by atoms with Crippen molar-refractivity contribution in [3.63, 3.8) is 0 Å². The highest BCUT2D eigenvalue weighted by Gasteiger charge is 2.15. The van der Waals surface area contributed by atoms with E-state index in [9.17, 15) is 4.79 Å². The lowest BCUT2D eigenvalue weighted by atomic mass is 10.2. The molecule has 0 atom stereocenters. The number of hydrogen-bond donors (Lipinski definition) is 2. The van der Waals surface area contributed by atoms with E-state index in [0.29, 0.717) is 12.1 Å². The number of nitrogens with zero attached hydrogens (tertiary/aromatic N) is 2. The smallest absolute Gasteiger partial charge is 0.250 e. The molecule has 3 rings (SSSR count). The number of rotatable bonds is 3. The number of nitrogens with two attached hydrogens (primary N) is 1. The zero-order valence-corrected chi connectivity index (χ0v) is 11.8. The second-order valence-corrected chi connectivity index (χ2v) is 5.37. The van der Waals surface area contributed by atoms with Gasteiger partial charge < -0.3 is 15.6 Å². The van der Waals surface area contributed by atoms with Gasteiger partial charge in [0.1, 0.15) is 5.84 Å². The number of benzene rings is 1. The Labute approximate surface area is 118 Å². The van der Waals surface area contributed by atoms with Crippen LogP contribution in [-0.4, -0.2) is 29.4 Å². The number of carbonyl (C=O) groups is 1. The zero-order valence-electron chi connectivity index (χ0n) is 10.2. The Kier molecular flexibility index (Phi) is 3.02. The van der Waals surface area contributed by atoms with Crippen LogP contribution in [-0.2, 0) is 6.54 Å². The van der Waals surface area contributed by atoms with Crippen LogP contribution < -0.4 is 11.1 Å². The van der Waals surface area contributed by atoms with Crippen LogP contribution >= 0.6 is 15.9 Å². The zero-order chi connectivity index (χ0) is 13.4. The predicted octanol–water partition coefficient (Wildman–Crippen LogP) is 1.50. The third kappa shape index (κ3) is 2.23. The fourth-order valence-corrected chi connectivity index (χ4v) is 2.66. The number of nitrogens with one attached hydrogen (secondary N) is 1. The van der Waals surface area contributed by atoms with Gasteiger partial charge >= 0.3 is 0 Å². The van der Waals surface area contributed by atoms with Crippen LogP contribution in [0.2, 0.25) is 0 Å². The Morgan fingerprint density at radius 3 is 3.05 bits per heavy atom. The summed E-state index contributed by atoms with van der Waals surface area (Å²) in [5.41, 5.74) is 6.94. The quantitative estimate of drug-likeness (QED) is 0.899. The van der Waals surface area contributed by atoms with Gasteiger partial charge in [-0.2, -0.15) is 0 Å². The van der Waals surface area contributed by atoms with Crippen LogP contribution in [0.25, 0.3) is 10.9 Å². The highest BCUT2D eigenvalue weighted by atomic mass is 79.9. The monoisotopic (exact) mass is 320 g/mol. The summed E-state index contributed by atoms with van der Waals surface area (Å²) in [5.74, 6) is 0.528. The van der Waals surface area contributed by atoms with E-state index in [1.54, 1.807) is 6.20 Å². The van der Waals surface area contributed by atoms with Crippen molar-refractivity contribution in [1.29, 1.82) is 0 Å². The number of aliphatic imine (C=N–C) groups is 1. The van der Waals surface area contributed by atoms with Crippen molar-refractivity contribution in [1.82, 2.24) is 9.88 Å². The van der Waals surface area contributed by atoms with E-state index in [1.807, 2.05) is 22.8 Å². The van der Waals surface area contributed by atoms with E-state index < -0.39 is 5.91 Å². The number of hydrogen-bond acceptors (Lipinski definition) is 3. The average molecular weight is 321 g/mol. The van der Waals surface area contributed by atoms with Crippen LogP contribution in [0.1, 0.15) is 10.4 Å². The van der Waals surface area contributed by atoms with Gasteiger partial charge in [0, 0.05) is 22.6 Å². The lowest BCUT2D eigenvalue weighted by Crippen LogP contribution is -2.23. The maximum absolute atomic E-state index is 11.5. The summed E-state index contributed by atoms with van der Waals surface area (Å²) in [7, 11) is 0. The fourth-order valence-electron chi connectivity index (χ4n) is 2.31. The molecule has 0 unspecified atom stereocenters. The van der Waals surface area contributed by atoms with Crippen LogP contribution in [0, 0.1) is 0 Å². The van der Waals surface area contributed by atoms with Gasteiger partial charge in [0.15, 0.2) is 0 Å². The molecular weight excluding hydrogens is 308 g/mol. The lowest BCUT2D eigenvalue weighted by Gasteiger charge is -2.06. The maximum atomic E-state index is 11.5. The molecule has 6 heteroatoms. The summed E-state index contributed by atoms with van der Waals surface area (Å²) in [6.45, 7) is 2.31. The molecule has 1 aromatic heterocycles. The van der Waals surface area contributed by atoms with Crippen LogP contribution in [0.15, 0.2) is 33.9 Å². The molecule has 2 heterocycles. The molecule has 3 N–H and O–H groups in total. The van der Waals surface area contributed by atoms with Crippen molar-refractivity contribution < 1.29 is 4.79 Å². The van der Waals surface area contributed by atoms with E-state index in [-0.39, 0.29) is 0 Å². The second-order valence-electron chi connectivity index (χ2n) is 4.45. The van der Waals surface area contributed by atoms with Gasteiger partial charge in [0.2, 0.25) is 0 Å². The molecule has 0 spiro atoms. The summed E-state index contributed by atoms with van der Waals surface area (Å²) in [6.07, 6.45) is 1.79. The van der Waals surface area contributed by atoms with Gasteiger partial charge in [0.05, 0.1) is 24.2 Å². The first kappa shape index (κ1) is 12.2. The SMILES string of the molecule is NC(=O)c1cn(CC2=NCCN2)c2cc(Br)ccc12. The summed E-state index contributed by atoms with van der Waals surface area (Å²) < 4.78 is 2.97.